The van der Waals surface area contributed by atoms with E-state index in [0.29, 0.717) is 0 Å². The molecule has 0 radical (unpaired) electrons. The van der Waals surface area contributed by atoms with Gasteiger partial charge in [0.1, 0.15) is 40.2 Å². The smallest absolute Gasteiger partial charge is 0.286 e. The number of hydrogen-bond donors (Lipinski definition) is 0. The van der Waals surface area contributed by atoms with Crippen molar-refractivity contribution >= 4 is 0 Å². The van der Waals surface area contributed by atoms with Gasteiger partial charge in [-0.2, -0.15) is 0 Å². The first-order valence-corrected chi connectivity index (χ1v) is 8.28. The molecule has 0 atom stereocenters. The summed E-state index contributed by atoms with van der Waals surface area (Å²) in [6.07, 6.45) is 0. The van der Waals surface area contributed by atoms with Gasteiger partial charge in [-0.25, -0.2) is 0 Å². The fraction of sp³-hybridized carbons (Fsp3) is 0. The summed E-state index contributed by atoms with van der Waals surface area (Å²) < 4.78 is 68.9. The average molecular weight is 406 g/mol. The average Bonchev–Trinajstić information content (AvgIpc) is 1.12. The molecule has 0 aliphatic heterocycles. The Bertz CT molecular complexity index is 60.0. The number of halogens is 2. The largest absolute Gasteiger partial charge is 1.00 e. The predicted molar refractivity (Wildman–Crippen MR) is 1.11 cm³/mol. The molecule has 0 N–H and O–H groups in total. The minimum atomic E-state index is -5.94. The van der Waals surface area contributed by atoms with Crippen molar-refractivity contribution in [2.45, 2.75) is 0 Å². The molecule has 0 aromatic rings. The van der Waals surface area contributed by atoms with Crippen LogP contribution >= 0.6 is 0 Å². The van der Waals surface area contributed by atoms with Crippen LogP contribution in [-0.2, 0) is 0 Å². The molecule has 8 nitrogen and oxygen atoms in total. The summed E-state index contributed by atoms with van der Waals surface area (Å²) in [7, 11) is 0. The van der Waals surface area contributed by atoms with Crippen LogP contribution in [0.3, 0.4) is 0 Å². The van der Waals surface area contributed by atoms with Crippen molar-refractivity contribution in [1.82, 2.24) is 0 Å². The van der Waals surface area contributed by atoms with Gasteiger partial charge in [0, 0.05) is 0 Å². The Morgan fingerprint density at radius 3 is 0.545 bits per heavy atom. The summed E-state index contributed by atoms with van der Waals surface area (Å²) in [6.45, 7) is 0. The SMILES string of the molecule is [H+].[Na+].[O-][I+3]([O-])([O-])[O-].[O-][I+3]([O-])([O-])[O-]. The van der Waals surface area contributed by atoms with E-state index in [-0.39, 0.29) is 31.0 Å². The van der Waals surface area contributed by atoms with Gasteiger partial charge in [-0.05, 0) is 0 Å². The Hall–Kier alpha value is 2.14. The topological polar surface area (TPSA) is 184 Å². The van der Waals surface area contributed by atoms with E-state index in [2.05, 4.69) is 0 Å². The van der Waals surface area contributed by atoms with Crippen molar-refractivity contribution in [1.29, 1.82) is 0 Å². The van der Waals surface area contributed by atoms with Gasteiger partial charge in [-0.3, -0.25) is 27.5 Å². The van der Waals surface area contributed by atoms with E-state index in [1.807, 2.05) is 0 Å². The molecule has 0 aliphatic rings. The molecular weight excluding hydrogens is 405 g/mol. The fourth-order valence-corrected chi connectivity index (χ4v) is 0. The molecule has 0 saturated carbocycles. The number of rotatable bonds is 0. The minimum Gasteiger partial charge on any atom is -0.286 e. The second-order valence-electron chi connectivity index (χ2n) is 0.756. The maximum Gasteiger partial charge on any atom is 1.00 e. The van der Waals surface area contributed by atoms with Crippen molar-refractivity contribution in [3.05, 3.63) is 0 Å². The maximum atomic E-state index is 8.62. The normalized spacial score (nSPS) is 10.9. The van der Waals surface area contributed by atoms with Gasteiger partial charge in [-0.1, -0.05) is 0 Å². The Balaban J connectivity index is -0.0000000457. The zero-order valence-corrected chi connectivity index (χ0v) is 11.3. The van der Waals surface area contributed by atoms with Crippen LogP contribution in [-0.4, -0.2) is 0 Å². The first-order valence-electron chi connectivity index (χ1n) is 1.23. The van der Waals surface area contributed by atoms with E-state index < -0.39 is 40.2 Å². The van der Waals surface area contributed by atoms with E-state index in [1.165, 1.54) is 0 Å². The third-order valence-electron chi connectivity index (χ3n) is 0. The van der Waals surface area contributed by atoms with Crippen molar-refractivity contribution in [2.75, 3.05) is 0 Å². The molecule has 0 aromatic heterocycles. The molecule has 0 heterocycles. The molecular formula is HI2NaO8. The summed E-state index contributed by atoms with van der Waals surface area (Å²) in [5.74, 6) is 0. The molecule has 0 fully saturated rings. The van der Waals surface area contributed by atoms with E-state index in [4.69, 9.17) is 27.5 Å². The first kappa shape index (κ1) is 18.8. The maximum absolute atomic E-state index is 8.62. The predicted octanol–water partition coefficient (Wildman–Crippen LogP) is -18.4. The van der Waals surface area contributed by atoms with Crippen LogP contribution in [0.1, 0.15) is 1.43 Å². The van der Waals surface area contributed by atoms with E-state index in [0.717, 1.165) is 0 Å². The monoisotopic (exact) mass is 406 g/mol. The first-order chi connectivity index (χ1) is 4.00. The molecule has 0 bridgehead atoms. The van der Waals surface area contributed by atoms with E-state index in [9.17, 15) is 0 Å². The van der Waals surface area contributed by atoms with Crippen LogP contribution in [0.15, 0.2) is 0 Å². The Kier molecular flexibility index (Phi) is 12.9. The Morgan fingerprint density at radius 2 is 0.545 bits per heavy atom. The third kappa shape index (κ3) is 273. The molecule has 0 amide bonds. The molecule has 64 valence electrons. The minimum absolute atomic E-state index is 0. The summed E-state index contributed by atoms with van der Waals surface area (Å²) in [5.41, 5.74) is 0. The van der Waals surface area contributed by atoms with E-state index in [1.54, 1.807) is 0 Å². The summed E-state index contributed by atoms with van der Waals surface area (Å²) in [4.78, 5) is 0. The molecule has 0 rings (SSSR count). The molecule has 0 aliphatic carbocycles. The molecule has 0 spiro atoms. The van der Waals surface area contributed by atoms with Crippen LogP contribution in [0.2, 0.25) is 0 Å². The molecule has 0 aromatic carbocycles. The quantitative estimate of drug-likeness (QED) is 0.280. The van der Waals surface area contributed by atoms with Crippen LogP contribution in [0.4, 0.5) is 0 Å². The van der Waals surface area contributed by atoms with Gasteiger partial charge in [-0.15, -0.1) is 0 Å². The van der Waals surface area contributed by atoms with Crippen LogP contribution in [0, 0.1) is 0 Å². The third-order valence-corrected chi connectivity index (χ3v) is 0. The second kappa shape index (κ2) is 7.54. The summed E-state index contributed by atoms with van der Waals surface area (Å²) in [5, 5.41) is 0. The van der Waals surface area contributed by atoms with Gasteiger partial charge in [0.15, 0.2) is 0 Å². The zero-order valence-electron chi connectivity index (χ0n) is 6.02. The Morgan fingerprint density at radius 1 is 0.545 bits per heavy atom. The molecule has 11 heteroatoms. The van der Waals surface area contributed by atoms with Gasteiger partial charge in [0.2, 0.25) is 0 Å². The fourth-order valence-electron chi connectivity index (χ4n) is 0. The van der Waals surface area contributed by atoms with Gasteiger partial charge < -0.3 is 0 Å². The van der Waals surface area contributed by atoms with Crippen molar-refractivity contribution in [3.63, 3.8) is 0 Å². The molecule has 0 unspecified atom stereocenters. The second-order valence-corrected chi connectivity index (χ2v) is 5.07. The van der Waals surface area contributed by atoms with Crippen LogP contribution in [0.25, 0.3) is 0 Å². The Labute approximate surface area is 97.3 Å². The molecule has 11 heavy (non-hydrogen) atoms. The van der Waals surface area contributed by atoms with E-state index >= 15 is 0 Å². The summed E-state index contributed by atoms with van der Waals surface area (Å²) in [6, 6.07) is 0. The van der Waals surface area contributed by atoms with Crippen molar-refractivity contribution in [2.24, 2.45) is 0 Å². The van der Waals surface area contributed by atoms with Crippen LogP contribution < -0.4 is 97.2 Å². The van der Waals surface area contributed by atoms with Gasteiger partial charge in [0.25, 0.3) is 0 Å². The van der Waals surface area contributed by atoms with Crippen molar-refractivity contribution < 1.29 is 98.7 Å². The van der Waals surface area contributed by atoms with Crippen molar-refractivity contribution in [3.8, 4) is 0 Å². The molecule has 0 saturated heterocycles. The van der Waals surface area contributed by atoms with Gasteiger partial charge in [0.05, 0.1) is 0 Å². The van der Waals surface area contributed by atoms with Crippen LogP contribution in [0.5, 0.6) is 0 Å². The summed E-state index contributed by atoms with van der Waals surface area (Å²) >= 11 is -11.9. The number of hydrogen-bond acceptors (Lipinski definition) is 8. The van der Waals surface area contributed by atoms with Gasteiger partial charge >= 0.3 is 31.0 Å². The standard InChI is InChI=1S/2IO4.Na/c2*2-1(3,4)5;/q2*-1;+1/p+1. The zero-order chi connectivity index (χ0) is 9.00.